The van der Waals surface area contributed by atoms with E-state index in [9.17, 15) is 0 Å². The minimum atomic E-state index is 0.392. The minimum absolute atomic E-state index is 0.392. The van der Waals surface area contributed by atoms with Crippen molar-refractivity contribution in [3.8, 4) is 0 Å². The molecule has 1 atom stereocenters. The summed E-state index contributed by atoms with van der Waals surface area (Å²) in [6.45, 7) is 5.03. The molecule has 0 aromatic carbocycles. The van der Waals surface area contributed by atoms with E-state index < -0.39 is 0 Å². The molecule has 13 heavy (non-hydrogen) atoms. The van der Waals surface area contributed by atoms with Gasteiger partial charge in [-0.2, -0.15) is 0 Å². The second-order valence-corrected chi connectivity index (χ2v) is 3.21. The first-order valence-electron chi connectivity index (χ1n) is 4.71. The summed E-state index contributed by atoms with van der Waals surface area (Å²) < 4.78 is 1.89. The van der Waals surface area contributed by atoms with Crippen LogP contribution in [0.4, 0.5) is 0 Å². The number of nitrogens with one attached hydrogen (secondary N) is 1. The molecule has 0 spiro atoms. The number of nitrogens with zero attached hydrogens (tertiary/aromatic N) is 4. The van der Waals surface area contributed by atoms with Crippen molar-refractivity contribution in [2.24, 2.45) is 0 Å². The summed E-state index contributed by atoms with van der Waals surface area (Å²) in [5.41, 5.74) is 0. The van der Waals surface area contributed by atoms with Crippen LogP contribution in [0.3, 0.4) is 0 Å². The van der Waals surface area contributed by atoms with Crippen molar-refractivity contribution < 1.29 is 0 Å². The molecule has 5 nitrogen and oxygen atoms in total. The summed E-state index contributed by atoms with van der Waals surface area (Å²) in [6, 6.07) is 0.392. The summed E-state index contributed by atoms with van der Waals surface area (Å²) in [5.74, 6) is 0.906. The van der Waals surface area contributed by atoms with Crippen LogP contribution in [0.5, 0.6) is 0 Å². The van der Waals surface area contributed by atoms with Crippen molar-refractivity contribution in [3.63, 3.8) is 0 Å². The molecule has 1 N–H and O–H groups in total. The van der Waals surface area contributed by atoms with Crippen LogP contribution in [0, 0.1) is 0 Å². The van der Waals surface area contributed by atoms with Crippen molar-refractivity contribution in [3.05, 3.63) is 5.82 Å². The molecule has 0 radical (unpaired) electrons. The van der Waals surface area contributed by atoms with E-state index >= 15 is 0 Å². The molecule has 0 amide bonds. The Kier molecular flexibility index (Phi) is 3.82. The molecule has 1 aromatic heterocycles. The van der Waals surface area contributed by atoms with E-state index in [1.807, 2.05) is 11.7 Å². The highest BCUT2D eigenvalue weighted by atomic mass is 15.5. The Morgan fingerprint density at radius 1 is 1.54 bits per heavy atom. The van der Waals surface area contributed by atoms with E-state index in [-0.39, 0.29) is 0 Å². The standard InChI is InChI=1S/C8H17N5/c1-4-5-7(2)13-8(6-9-3)10-11-12-13/h7,9H,4-6H2,1-3H3. The Bertz CT molecular complexity index is 244. The van der Waals surface area contributed by atoms with Gasteiger partial charge in [-0.05, 0) is 30.8 Å². The van der Waals surface area contributed by atoms with Gasteiger partial charge in [0.25, 0.3) is 0 Å². The van der Waals surface area contributed by atoms with Gasteiger partial charge in [0.1, 0.15) is 0 Å². The summed E-state index contributed by atoms with van der Waals surface area (Å²) >= 11 is 0. The fourth-order valence-electron chi connectivity index (χ4n) is 1.37. The Balaban J connectivity index is 2.68. The number of rotatable bonds is 5. The van der Waals surface area contributed by atoms with Gasteiger partial charge in [-0.15, -0.1) is 5.10 Å². The molecule has 1 unspecified atom stereocenters. The lowest BCUT2D eigenvalue weighted by molar-refractivity contribution is 0.425. The molecule has 1 aromatic rings. The van der Waals surface area contributed by atoms with Gasteiger partial charge in [0.15, 0.2) is 5.82 Å². The van der Waals surface area contributed by atoms with Crippen LogP contribution in [0.2, 0.25) is 0 Å². The van der Waals surface area contributed by atoms with Crippen LogP contribution in [-0.2, 0) is 6.54 Å². The summed E-state index contributed by atoms with van der Waals surface area (Å²) in [4.78, 5) is 0. The minimum Gasteiger partial charge on any atom is -0.313 e. The first kappa shape index (κ1) is 10.1. The first-order valence-corrected chi connectivity index (χ1v) is 4.71. The Morgan fingerprint density at radius 2 is 2.31 bits per heavy atom. The maximum Gasteiger partial charge on any atom is 0.165 e. The average molecular weight is 183 g/mol. The molecule has 0 saturated carbocycles. The molecule has 74 valence electrons. The second kappa shape index (κ2) is 4.91. The van der Waals surface area contributed by atoms with Crippen molar-refractivity contribution in [2.75, 3.05) is 7.05 Å². The maximum absolute atomic E-state index is 3.97. The molecule has 0 aliphatic carbocycles. The lowest BCUT2D eigenvalue weighted by Gasteiger charge is -2.11. The van der Waals surface area contributed by atoms with E-state index in [1.54, 1.807) is 0 Å². The van der Waals surface area contributed by atoms with Crippen LogP contribution in [-0.4, -0.2) is 27.3 Å². The fourth-order valence-corrected chi connectivity index (χ4v) is 1.37. The third-order valence-corrected chi connectivity index (χ3v) is 2.02. The molecule has 0 aliphatic heterocycles. The van der Waals surface area contributed by atoms with Gasteiger partial charge in [0.2, 0.25) is 0 Å². The highest BCUT2D eigenvalue weighted by Crippen LogP contribution is 2.11. The van der Waals surface area contributed by atoms with Crippen molar-refractivity contribution >= 4 is 0 Å². The smallest absolute Gasteiger partial charge is 0.165 e. The summed E-state index contributed by atoms with van der Waals surface area (Å²) in [6.07, 6.45) is 2.27. The zero-order chi connectivity index (χ0) is 9.68. The highest BCUT2D eigenvalue weighted by Gasteiger charge is 2.10. The van der Waals surface area contributed by atoms with Crippen LogP contribution in [0.15, 0.2) is 0 Å². The van der Waals surface area contributed by atoms with Crippen molar-refractivity contribution in [2.45, 2.75) is 39.3 Å². The topological polar surface area (TPSA) is 55.6 Å². The molecule has 1 heterocycles. The van der Waals surface area contributed by atoms with Gasteiger partial charge in [-0.25, -0.2) is 4.68 Å². The largest absolute Gasteiger partial charge is 0.313 e. The van der Waals surface area contributed by atoms with E-state index in [1.165, 1.54) is 0 Å². The van der Waals surface area contributed by atoms with Crippen LogP contribution < -0.4 is 5.32 Å². The first-order chi connectivity index (χ1) is 6.29. The van der Waals surface area contributed by atoms with Crippen molar-refractivity contribution in [1.82, 2.24) is 25.5 Å². The fraction of sp³-hybridized carbons (Fsp3) is 0.875. The van der Waals surface area contributed by atoms with Crippen LogP contribution >= 0.6 is 0 Å². The predicted molar refractivity (Wildman–Crippen MR) is 50.2 cm³/mol. The monoisotopic (exact) mass is 183 g/mol. The molecule has 0 aliphatic rings. The highest BCUT2D eigenvalue weighted by molar-refractivity contribution is 4.82. The van der Waals surface area contributed by atoms with Gasteiger partial charge >= 0.3 is 0 Å². The number of aromatic nitrogens is 4. The Hall–Kier alpha value is -0.970. The van der Waals surface area contributed by atoms with Gasteiger partial charge < -0.3 is 5.32 Å². The van der Waals surface area contributed by atoms with Crippen molar-refractivity contribution in [1.29, 1.82) is 0 Å². The van der Waals surface area contributed by atoms with E-state index in [0.717, 1.165) is 25.2 Å². The zero-order valence-electron chi connectivity index (χ0n) is 8.49. The summed E-state index contributed by atoms with van der Waals surface area (Å²) in [7, 11) is 1.89. The van der Waals surface area contributed by atoms with E-state index in [4.69, 9.17) is 0 Å². The number of tetrazole rings is 1. The average Bonchev–Trinajstić information content (AvgIpc) is 2.54. The van der Waals surface area contributed by atoms with Crippen LogP contribution in [0.25, 0.3) is 0 Å². The molecule has 0 fully saturated rings. The SMILES string of the molecule is CCCC(C)n1nnnc1CNC. The predicted octanol–water partition coefficient (Wildman–Crippen LogP) is 0.754. The molecule has 0 saturated heterocycles. The quantitative estimate of drug-likeness (QED) is 0.732. The molecular formula is C8H17N5. The lowest BCUT2D eigenvalue weighted by Crippen LogP contribution is -2.16. The molecule has 0 bridgehead atoms. The zero-order valence-corrected chi connectivity index (χ0v) is 8.49. The van der Waals surface area contributed by atoms with Gasteiger partial charge in [-0.3, -0.25) is 0 Å². The van der Waals surface area contributed by atoms with Gasteiger partial charge in [0.05, 0.1) is 12.6 Å². The third kappa shape index (κ3) is 2.48. The van der Waals surface area contributed by atoms with E-state index in [0.29, 0.717) is 6.04 Å². The van der Waals surface area contributed by atoms with Gasteiger partial charge in [-0.1, -0.05) is 13.3 Å². The lowest BCUT2D eigenvalue weighted by atomic mass is 10.2. The summed E-state index contributed by atoms with van der Waals surface area (Å²) in [5, 5.41) is 14.6. The Labute approximate surface area is 78.5 Å². The maximum atomic E-state index is 3.97. The molecule has 1 rings (SSSR count). The molecular weight excluding hydrogens is 166 g/mol. The second-order valence-electron chi connectivity index (χ2n) is 3.21. The Morgan fingerprint density at radius 3 is 2.92 bits per heavy atom. The van der Waals surface area contributed by atoms with E-state index in [2.05, 4.69) is 34.7 Å². The number of hydrogen-bond donors (Lipinski definition) is 1. The van der Waals surface area contributed by atoms with Crippen LogP contribution in [0.1, 0.15) is 38.6 Å². The number of hydrogen-bond acceptors (Lipinski definition) is 4. The molecule has 5 heteroatoms. The van der Waals surface area contributed by atoms with Gasteiger partial charge in [0, 0.05) is 0 Å². The normalized spacial score (nSPS) is 13.2. The third-order valence-electron chi connectivity index (χ3n) is 2.02.